The lowest BCUT2D eigenvalue weighted by Crippen LogP contribution is -2.50. The Morgan fingerprint density at radius 2 is 2.11 bits per heavy atom. The predicted octanol–water partition coefficient (Wildman–Crippen LogP) is -0.223. The molecule has 2 rings (SSSR count). The summed E-state index contributed by atoms with van der Waals surface area (Å²) >= 11 is 0. The van der Waals surface area contributed by atoms with E-state index in [9.17, 15) is 9.59 Å². The van der Waals surface area contributed by atoms with E-state index in [0.29, 0.717) is 26.2 Å². The number of hydrogen-bond acceptors (Lipinski definition) is 3. The van der Waals surface area contributed by atoms with Crippen LogP contribution in [0.25, 0.3) is 0 Å². The van der Waals surface area contributed by atoms with Crippen molar-refractivity contribution in [3.8, 4) is 0 Å². The standard InChI is InChI=1S/C14H19N3O2/c18-13(10-17-9-8-16-14(19)11-17)15-7-6-12-4-2-1-3-5-12/h1-5H,6-11H2,(H,15,18)(H,16,19). The largest absolute Gasteiger partial charge is 0.355 e. The van der Waals surface area contributed by atoms with Gasteiger partial charge in [0, 0.05) is 19.6 Å². The summed E-state index contributed by atoms with van der Waals surface area (Å²) in [6.45, 7) is 2.59. The van der Waals surface area contributed by atoms with Crippen molar-refractivity contribution in [3.63, 3.8) is 0 Å². The highest BCUT2D eigenvalue weighted by molar-refractivity contribution is 5.81. The molecule has 1 aromatic carbocycles. The molecule has 0 unspecified atom stereocenters. The Kier molecular flexibility index (Phi) is 4.92. The number of nitrogens with one attached hydrogen (secondary N) is 2. The predicted molar refractivity (Wildman–Crippen MR) is 72.6 cm³/mol. The van der Waals surface area contributed by atoms with Gasteiger partial charge in [0.05, 0.1) is 13.1 Å². The Hall–Kier alpha value is -1.88. The first-order chi connectivity index (χ1) is 9.24. The summed E-state index contributed by atoms with van der Waals surface area (Å²) < 4.78 is 0. The van der Waals surface area contributed by atoms with Gasteiger partial charge in [-0.3, -0.25) is 14.5 Å². The Morgan fingerprint density at radius 3 is 2.84 bits per heavy atom. The van der Waals surface area contributed by atoms with Gasteiger partial charge in [0.25, 0.3) is 0 Å². The molecule has 102 valence electrons. The maximum atomic E-state index is 11.7. The Labute approximate surface area is 113 Å². The normalized spacial score (nSPS) is 15.9. The van der Waals surface area contributed by atoms with Crippen LogP contribution in [0.2, 0.25) is 0 Å². The average Bonchev–Trinajstić information content (AvgIpc) is 2.40. The molecule has 2 amide bonds. The summed E-state index contributed by atoms with van der Waals surface area (Å²) in [7, 11) is 0. The zero-order valence-electron chi connectivity index (χ0n) is 10.9. The zero-order chi connectivity index (χ0) is 13.5. The monoisotopic (exact) mass is 261 g/mol. The lowest BCUT2D eigenvalue weighted by atomic mass is 10.1. The summed E-state index contributed by atoms with van der Waals surface area (Å²) in [4.78, 5) is 24.8. The SMILES string of the molecule is O=C(CN1CCNC(=O)C1)NCCc1ccccc1. The van der Waals surface area contributed by atoms with Crippen molar-refractivity contribution in [2.45, 2.75) is 6.42 Å². The van der Waals surface area contributed by atoms with Crippen LogP contribution in [0.15, 0.2) is 30.3 Å². The van der Waals surface area contributed by atoms with Crippen molar-refractivity contribution in [2.75, 3.05) is 32.7 Å². The Bertz CT molecular complexity index is 434. The molecule has 1 fully saturated rings. The minimum Gasteiger partial charge on any atom is -0.355 e. The molecule has 2 N–H and O–H groups in total. The highest BCUT2D eigenvalue weighted by Gasteiger charge is 2.17. The number of carbonyl (C=O) groups is 2. The van der Waals surface area contributed by atoms with Crippen LogP contribution in [0, 0.1) is 0 Å². The van der Waals surface area contributed by atoms with Crippen molar-refractivity contribution in [2.24, 2.45) is 0 Å². The summed E-state index contributed by atoms with van der Waals surface area (Å²) in [6, 6.07) is 10.0. The molecule has 0 saturated carbocycles. The molecule has 0 spiro atoms. The van der Waals surface area contributed by atoms with Crippen LogP contribution in [0.4, 0.5) is 0 Å². The van der Waals surface area contributed by atoms with Crippen LogP contribution in [-0.2, 0) is 16.0 Å². The number of piperazine rings is 1. The van der Waals surface area contributed by atoms with E-state index in [-0.39, 0.29) is 11.8 Å². The maximum absolute atomic E-state index is 11.7. The summed E-state index contributed by atoms with van der Waals surface area (Å²) in [5.74, 6) is -0.0334. The maximum Gasteiger partial charge on any atom is 0.234 e. The first kappa shape index (κ1) is 13.5. The van der Waals surface area contributed by atoms with Crippen LogP contribution in [0.5, 0.6) is 0 Å². The van der Waals surface area contributed by atoms with E-state index >= 15 is 0 Å². The van der Waals surface area contributed by atoms with Crippen molar-refractivity contribution >= 4 is 11.8 Å². The van der Waals surface area contributed by atoms with Crippen molar-refractivity contribution < 1.29 is 9.59 Å². The summed E-state index contributed by atoms with van der Waals surface area (Å²) in [5, 5.41) is 5.62. The molecule has 0 bridgehead atoms. The summed E-state index contributed by atoms with van der Waals surface area (Å²) in [5.41, 5.74) is 1.21. The van der Waals surface area contributed by atoms with E-state index in [4.69, 9.17) is 0 Å². The molecule has 1 saturated heterocycles. The fourth-order valence-corrected chi connectivity index (χ4v) is 2.08. The van der Waals surface area contributed by atoms with Gasteiger partial charge < -0.3 is 10.6 Å². The van der Waals surface area contributed by atoms with Gasteiger partial charge in [-0.1, -0.05) is 30.3 Å². The molecule has 1 aliphatic heterocycles. The first-order valence-corrected chi connectivity index (χ1v) is 6.54. The van der Waals surface area contributed by atoms with Gasteiger partial charge in [0.2, 0.25) is 11.8 Å². The molecule has 0 atom stereocenters. The molecular formula is C14H19N3O2. The second-order valence-corrected chi connectivity index (χ2v) is 4.65. The number of rotatable bonds is 5. The zero-order valence-corrected chi connectivity index (χ0v) is 10.9. The second-order valence-electron chi connectivity index (χ2n) is 4.65. The number of nitrogens with zero attached hydrogens (tertiary/aromatic N) is 1. The van der Waals surface area contributed by atoms with Gasteiger partial charge >= 0.3 is 0 Å². The Morgan fingerprint density at radius 1 is 1.32 bits per heavy atom. The number of amides is 2. The van der Waals surface area contributed by atoms with Crippen LogP contribution in [-0.4, -0.2) is 49.4 Å². The van der Waals surface area contributed by atoms with Gasteiger partial charge in [-0.2, -0.15) is 0 Å². The van der Waals surface area contributed by atoms with E-state index in [1.807, 2.05) is 35.2 Å². The lowest BCUT2D eigenvalue weighted by Gasteiger charge is -2.25. The van der Waals surface area contributed by atoms with Gasteiger partial charge in [-0.05, 0) is 12.0 Å². The molecule has 1 aromatic rings. The van der Waals surface area contributed by atoms with E-state index in [0.717, 1.165) is 13.0 Å². The second kappa shape index (κ2) is 6.89. The molecule has 1 aliphatic rings. The molecule has 19 heavy (non-hydrogen) atoms. The first-order valence-electron chi connectivity index (χ1n) is 6.54. The highest BCUT2D eigenvalue weighted by atomic mass is 16.2. The molecule has 0 aliphatic carbocycles. The quantitative estimate of drug-likeness (QED) is 0.770. The minimum atomic E-state index is -0.0226. The van der Waals surface area contributed by atoms with Crippen LogP contribution in [0.1, 0.15) is 5.56 Å². The van der Waals surface area contributed by atoms with E-state index < -0.39 is 0 Å². The van der Waals surface area contributed by atoms with Crippen molar-refractivity contribution in [1.29, 1.82) is 0 Å². The fourth-order valence-electron chi connectivity index (χ4n) is 2.08. The lowest BCUT2D eigenvalue weighted by molar-refractivity contribution is -0.126. The molecular weight excluding hydrogens is 242 g/mol. The average molecular weight is 261 g/mol. The van der Waals surface area contributed by atoms with Gasteiger partial charge in [-0.15, -0.1) is 0 Å². The topological polar surface area (TPSA) is 61.4 Å². The summed E-state index contributed by atoms with van der Waals surface area (Å²) in [6.07, 6.45) is 0.826. The fraction of sp³-hybridized carbons (Fsp3) is 0.429. The highest BCUT2D eigenvalue weighted by Crippen LogP contribution is 1.98. The molecule has 0 radical (unpaired) electrons. The smallest absolute Gasteiger partial charge is 0.234 e. The van der Waals surface area contributed by atoms with Crippen LogP contribution < -0.4 is 10.6 Å². The molecule has 5 nitrogen and oxygen atoms in total. The van der Waals surface area contributed by atoms with Gasteiger partial charge in [0.15, 0.2) is 0 Å². The minimum absolute atomic E-state index is 0.0108. The van der Waals surface area contributed by atoms with E-state index in [1.165, 1.54) is 5.56 Å². The third kappa shape index (κ3) is 4.71. The van der Waals surface area contributed by atoms with Crippen LogP contribution in [0.3, 0.4) is 0 Å². The third-order valence-corrected chi connectivity index (χ3v) is 3.06. The number of carbonyl (C=O) groups excluding carboxylic acids is 2. The van der Waals surface area contributed by atoms with E-state index in [1.54, 1.807) is 0 Å². The van der Waals surface area contributed by atoms with Crippen molar-refractivity contribution in [1.82, 2.24) is 15.5 Å². The van der Waals surface area contributed by atoms with Crippen molar-refractivity contribution in [3.05, 3.63) is 35.9 Å². The molecule has 0 aromatic heterocycles. The van der Waals surface area contributed by atoms with Crippen LogP contribution >= 0.6 is 0 Å². The number of benzene rings is 1. The van der Waals surface area contributed by atoms with Gasteiger partial charge in [0.1, 0.15) is 0 Å². The molecule has 1 heterocycles. The number of hydrogen-bond donors (Lipinski definition) is 2. The Balaban J connectivity index is 1.66. The van der Waals surface area contributed by atoms with E-state index in [2.05, 4.69) is 10.6 Å². The third-order valence-electron chi connectivity index (χ3n) is 3.06. The molecule has 5 heteroatoms. The van der Waals surface area contributed by atoms with Gasteiger partial charge in [-0.25, -0.2) is 0 Å².